The van der Waals surface area contributed by atoms with Gasteiger partial charge in [0.1, 0.15) is 0 Å². The zero-order valence-electron chi connectivity index (χ0n) is 4.48. The molecule has 0 saturated heterocycles. The van der Waals surface area contributed by atoms with Crippen molar-refractivity contribution in [2.45, 2.75) is 0 Å². The van der Waals surface area contributed by atoms with Gasteiger partial charge in [-0.05, 0) is 0 Å². The third-order valence-electron chi connectivity index (χ3n) is 1.01. The molecule has 0 fully saturated rings. The fourth-order valence-electron chi connectivity index (χ4n) is 0.624. The summed E-state index contributed by atoms with van der Waals surface area (Å²) in [6.45, 7) is 0. The van der Waals surface area contributed by atoms with E-state index in [-0.39, 0.29) is 0 Å². The van der Waals surface area contributed by atoms with Crippen molar-refractivity contribution in [3.63, 3.8) is 0 Å². The first-order chi connectivity index (χ1) is 4.47. The van der Waals surface area contributed by atoms with Crippen LogP contribution in [0.15, 0.2) is 17.6 Å². The number of nitrogens with zero attached hydrogens (tertiary/aromatic N) is 3. The zero-order chi connectivity index (χ0) is 6.10. The Morgan fingerprint density at radius 2 is 2.33 bits per heavy atom. The van der Waals surface area contributed by atoms with Gasteiger partial charge in [0.25, 0.3) is 0 Å². The standard InChI is InChI=1S/C5H3N3Se/c1-4-5(7-2-6-1)8-3-9-4/h1-3H. The summed E-state index contributed by atoms with van der Waals surface area (Å²) < 4.78 is 1.19. The van der Waals surface area contributed by atoms with Gasteiger partial charge in [0.05, 0.1) is 0 Å². The maximum absolute atomic E-state index is 4.05. The van der Waals surface area contributed by atoms with Crippen molar-refractivity contribution in [2.24, 2.45) is 0 Å². The zero-order valence-corrected chi connectivity index (χ0v) is 6.20. The molecule has 0 unspecified atom stereocenters. The van der Waals surface area contributed by atoms with Gasteiger partial charge in [0.2, 0.25) is 0 Å². The molecule has 2 aromatic rings. The summed E-state index contributed by atoms with van der Waals surface area (Å²) in [6, 6.07) is 0. The van der Waals surface area contributed by atoms with E-state index < -0.39 is 0 Å². The molecule has 4 heteroatoms. The van der Waals surface area contributed by atoms with E-state index in [4.69, 9.17) is 0 Å². The monoisotopic (exact) mass is 185 g/mol. The van der Waals surface area contributed by atoms with E-state index in [1.807, 2.05) is 11.3 Å². The Hall–Kier alpha value is -0.731. The van der Waals surface area contributed by atoms with Crippen LogP contribution in [-0.4, -0.2) is 29.5 Å². The van der Waals surface area contributed by atoms with E-state index in [2.05, 4.69) is 15.0 Å². The van der Waals surface area contributed by atoms with Crippen molar-refractivity contribution in [3.8, 4) is 0 Å². The molecule has 2 heterocycles. The van der Waals surface area contributed by atoms with Crippen LogP contribution in [0.3, 0.4) is 0 Å². The Labute approximate surface area is 57.5 Å². The first kappa shape index (κ1) is 5.09. The van der Waals surface area contributed by atoms with Gasteiger partial charge in [0.15, 0.2) is 0 Å². The third-order valence-corrected chi connectivity index (χ3v) is 2.59. The van der Waals surface area contributed by atoms with Gasteiger partial charge < -0.3 is 0 Å². The second kappa shape index (κ2) is 1.90. The molecule has 0 saturated carbocycles. The van der Waals surface area contributed by atoms with E-state index in [0.29, 0.717) is 14.5 Å². The van der Waals surface area contributed by atoms with Crippen molar-refractivity contribution in [1.29, 1.82) is 0 Å². The van der Waals surface area contributed by atoms with Gasteiger partial charge in [-0.1, -0.05) is 0 Å². The van der Waals surface area contributed by atoms with Crippen LogP contribution in [0, 0.1) is 0 Å². The van der Waals surface area contributed by atoms with Crippen molar-refractivity contribution in [3.05, 3.63) is 17.6 Å². The minimum atomic E-state index is 0.386. The average Bonchev–Trinajstić information content (AvgIpc) is 2.33. The summed E-state index contributed by atoms with van der Waals surface area (Å²) in [5, 5.41) is 1.91. The molecule has 0 radical (unpaired) electrons. The maximum atomic E-state index is 4.05. The van der Waals surface area contributed by atoms with E-state index in [1.54, 1.807) is 0 Å². The summed E-state index contributed by atoms with van der Waals surface area (Å²) in [5.41, 5.74) is 0.852. The van der Waals surface area contributed by atoms with Crippen LogP contribution in [-0.2, 0) is 0 Å². The summed E-state index contributed by atoms with van der Waals surface area (Å²) in [7, 11) is 0. The number of hydrogen-bond donors (Lipinski definition) is 0. The number of rotatable bonds is 0. The Bertz CT molecular complexity index is 286. The molecule has 0 N–H and O–H groups in total. The fraction of sp³-hybridized carbons (Fsp3) is 0. The average molecular weight is 184 g/mol. The number of fused-ring (bicyclic) bond motifs is 1. The molecule has 2 rings (SSSR count). The summed E-state index contributed by atoms with van der Waals surface area (Å²) in [5.74, 6) is 0. The minimum absolute atomic E-state index is 0.386. The van der Waals surface area contributed by atoms with Gasteiger partial charge >= 0.3 is 57.0 Å². The quantitative estimate of drug-likeness (QED) is 0.544. The second-order valence-corrected chi connectivity index (χ2v) is 3.42. The van der Waals surface area contributed by atoms with Crippen LogP contribution < -0.4 is 0 Å². The second-order valence-electron chi connectivity index (χ2n) is 1.56. The summed E-state index contributed by atoms with van der Waals surface area (Å²) >= 11 is 0.386. The van der Waals surface area contributed by atoms with Crippen LogP contribution in [0.1, 0.15) is 0 Å². The summed E-state index contributed by atoms with van der Waals surface area (Å²) in [4.78, 5) is 11.9. The predicted molar refractivity (Wildman–Crippen MR) is 34.3 cm³/mol. The first-order valence-corrected chi connectivity index (χ1v) is 4.30. The van der Waals surface area contributed by atoms with Crippen molar-refractivity contribution in [2.75, 3.05) is 0 Å². The fourth-order valence-corrected chi connectivity index (χ4v) is 1.88. The molecule has 0 spiro atoms. The van der Waals surface area contributed by atoms with Crippen LogP contribution in [0.4, 0.5) is 0 Å². The molecule has 0 aliphatic rings. The molecule has 2 aromatic heterocycles. The Balaban J connectivity index is 2.95. The normalized spacial score (nSPS) is 10.2. The van der Waals surface area contributed by atoms with Crippen LogP contribution in [0.25, 0.3) is 9.91 Å². The molecule has 0 aliphatic carbocycles. The molecular formula is C5H3N3Se. The molecule has 0 aromatic carbocycles. The molecule has 0 aliphatic heterocycles. The number of hydrogen-bond acceptors (Lipinski definition) is 3. The first-order valence-electron chi connectivity index (χ1n) is 2.46. The van der Waals surface area contributed by atoms with E-state index in [1.165, 1.54) is 10.6 Å². The van der Waals surface area contributed by atoms with Crippen molar-refractivity contribution < 1.29 is 0 Å². The molecule has 0 bridgehead atoms. The molecule has 0 amide bonds. The van der Waals surface area contributed by atoms with Gasteiger partial charge in [-0.25, -0.2) is 0 Å². The van der Waals surface area contributed by atoms with E-state index in [9.17, 15) is 0 Å². The van der Waals surface area contributed by atoms with Gasteiger partial charge in [-0.15, -0.1) is 0 Å². The van der Waals surface area contributed by atoms with Crippen LogP contribution in [0.5, 0.6) is 0 Å². The van der Waals surface area contributed by atoms with E-state index >= 15 is 0 Å². The third kappa shape index (κ3) is 0.763. The van der Waals surface area contributed by atoms with Crippen LogP contribution >= 0.6 is 0 Å². The van der Waals surface area contributed by atoms with E-state index in [0.717, 1.165) is 5.65 Å². The molecule has 3 nitrogen and oxygen atoms in total. The Kier molecular flexibility index (Phi) is 1.07. The van der Waals surface area contributed by atoms with Crippen molar-refractivity contribution >= 4 is 24.4 Å². The molecule has 9 heavy (non-hydrogen) atoms. The summed E-state index contributed by atoms with van der Waals surface area (Å²) in [6.07, 6.45) is 3.35. The molecular weight excluding hydrogens is 181 g/mol. The van der Waals surface area contributed by atoms with Crippen LogP contribution in [0.2, 0.25) is 0 Å². The molecule has 0 atom stereocenters. The SMILES string of the molecule is c1ncc2[se]cnc2n1. The van der Waals surface area contributed by atoms with Gasteiger partial charge in [-0.3, -0.25) is 0 Å². The van der Waals surface area contributed by atoms with Gasteiger partial charge in [0, 0.05) is 0 Å². The van der Waals surface area contributed by atoms with Crippen molar-refractivity contribution in [1.82, 2.24) is 15.0 Å². The predicted octanol–water partition coefficient (Wildman–Crippen LogP) is 0.0818. The van der Waals surface area contributed by atoms with Gasteiger partial charge in [-0.2, -0.15) is 0 Å². The molecule has 44 valence electrons. The topological polar surface area (TPSA) is 38.7 Å². The Morgan fingerprint density at radius 3 is 3.22 bits per heavy atom. The Morgan fingerprint density at radius 1 is 1.33 bits per heavy atom. The number of aromatic nitrogens is 3.